The summed E-state index contributed by atoms with van der Waals surface area (Å²) in [5, 5.41) is 3.60. The summed E-state index contributed by atoms with van der Waals surface area (Å²) in [6.45, 7) is 8.27. The monoisotopic (exact) mass is 304 g/mol. The Morgan fingerprint density at radius 3 is 2.53 bits per heavy atom. The Labute approximate surface area is 126 Å². The SMILES string of the molecule is Cc1c(Cl)cccc1C(=O)NC(C)(CN)C(C)C.Cl. The molecule has 0 fully saturated rings. The van der Waals surface area contributed by atoms with Crippen molar-refractivity contribution in [3.8, 4) is 0 Å². The van der Waals surface area contributed by atoms with Crippen molar-refractivity contribution in [2.75, 3.05) is 6.54 Å². The van der Waals surface area contributed by atoms with Gasteiger partial charge >= 0.3 is 0 Å². The molecule has 1 rings (SSSR count). The van der Waals surface area contributed by atoms with Crippen LogP contribution in [0.2, 0.25) is 5.02 Å². The van der Waals surface area contributed by atoms with Gasteiger partial charge in [-0.1, -0.05) is 31.5 Å². The quantitative estimate of drug-likeness (QED) is 0.897. The van der Waals surface area contributed by atoms with E-state index in [2.05, 4.69) is 5.32 Å². The molecule has 1 aromatic rings. The van der Waals surface area contributed by atoms with Crippen molar-refractivity contribution in [3.63, 3.8) is 0 Å². The maximum Gasteiger partial charge on any atom is 0.252 e. The minimum Gasteiger partial charge on any atom is -0.345 e. The number of hydrogen-bond donors (Lipinski definition) is 2. The first-order valence-electron chi connectivity index (χ1n) is 6.09. The lowest BCUT2D eigenvalue weighted by molar-refractivity contribution is 0.0882. The highest BCUT2D eigenvalue weighted by Crippen LogP contribution is 2.21. The zero-order valence-electron chi connectivity index (χ0n) is 11.8. The summed E-state index contributed by atoms with van der Waals surface area (Å²) in [5.41, 5.74) is 6.74. The first-order valence-corrected chi connectivity index (χ1v) is 6.47. The predicted molar refractivity (Wildman–Crippen MR) is 83.2 cm³/mol. The fourth-order valence-corrected chi connectivity index (χ4v) is 1.79. The molecular formula is C14H22Cl2N2O. The number of halogens is 2. The Hall–Kier alpha value is -0.770. The molecule has 1 unspecified atom stereocenters. The van der Waals surface area contributed by atoms with Crippen LogP contribution in [0.15, 0.2) is 18.2 Å². The van der Waals surface area contributed by atoms with Crippen LogP contribution in [0.4, 0.5) is 0 Å². The Balaban J connectivity index is 0.00000324. The average molecular weight is 305 g/mol. The van der Waals surface area contributed by atoms with Gasteiger partial charge in [0.15, 0.2) is 0 Å². The van der Waals surface area contributed by atoms with Gasteiger partial charge in [0.25, 0.3) is 5.91 Å². The lowest BCUT2D eigenvalue weighted by Gasteiger charge is -2.33. The molecule has 0 spiro atoms. The second kappa shape index (κ2) is 7.13. The molecule has 19 heavy (non-hydrogen) atoms. The molecular weight excluding hydrogens is 283 g/mol. The van der Waals surface area contributed by atoms with Crippen LogP contribution >= 0.6 is 24.0 Å². The highest BCUT2D eigenvalue weighted by atomic mass is 35.5. The third-order valence-corrected chi connectivity index (χ3v) is 4.02. The van der Waals surface area contributed by atoms with Gasteiger partial charge in [0, 0.05) is 17.1 Å². The van der Waals surface area contributed by atoms with Crippen molar-refractivity contribution < 1.29 is 4.79 Å². The third kappa shape index (κ3) is 4.10. The second-order valence-corrected chi connectivity index (χ2v) is 5.55. The van der Waals surface area contributed by atoms with Gasteiger partial charge in [-0.3, -0.25) is 4.79 Å². The van der Waals surface area contributed by atoms with Crippen LogP contribution in [-0.4, -0.2) is 18.0 Å². The fraction of sp³-hybridized carbons (Fsp3) is 0.500. The third-order valence-electron chi connectivity index (χ3n) is 3.61. The van der Waals surface area contributed by atoms with Gasteiger partial charge in [-0.2, -0.15) is 0 Å². The number of amides is 1. The summed E-state index contributed by atoms with van der Waals surface area (Å²) >= 11 is 6.02. The van der Waals surface area contributed by atoms with Gasteiger partial charge in [-0.15, -0.1) is 12.4 Å². The van der Waals surface area contributed by atoms with E-state index < -0.39 is 5.54 Å². The summed E-state index contributed by atoms with van der Waals surface area (Å²) < 4.78 is 0. The highest BCUT2D eigenvalue weighted by Gasteiger charge is 2.29. The Morgan fingerprint density at radius 1 is 1.47 bits per heavy atom. The molecule has 0 aliphatic carbocycles. The van der Waals surface area contributed by atoms with Gasteiger partial charge in [0.2, 0.25) is 0 Å². The molecule has 0 bridgehead atoms. The minimum absolute atomic E-state index is 0. The molecule has 0 aliphatic rings. The van der Waals surface area contributed by atoms with E-state index in [-0.39, 0.29) is 24.2 Å². The van der Waals surface area contributed by atoms with Gasteiger partial charge in [0.1, 0.15) is 0 Å². The van der Waals surface area contributed by atoms with Crippen LogP contribution in [-0.2, 0) is 0 Å². The molecule has 0 saturated carbocycles. The van der Waals surface area contributed by atoms with Crippen molar-refractivity contribution in [1.29, 1.82) is 0 Å². The van der Waals surface area contributed by atoms with Crippen LogP contribution in [0.25, 0.3) is 0 Å². The molecule has 0 heterocycles. The Kier molecular flexibility index (Phi) is 6.84. The molecule has 5 heteroatoms. The number of nitrogens with one attached hydrogen (secondary N) is 1. The molecule has 108 valence electrons. The predicted octanol–water partition coefficient (Wildman–Crippen LogP) is 3.17. The minimum atomic E-state index is -0.411. The van der Waals surface area contributed by atoms with E-state index in [0.717, 1.165) is 5.56 Å². The van der Waals surface area contributed by atoms with E-state index in [9.17, 15) is 4.79 Å². The Bertz CT molecular complexity index is 449. The van der Waals surface area contributed by atoms with Gasteiger partial charge in [-0.05, 0) is 37.5 Å². The first-order chi connectivity index (χ1) is 8.31. The van der Waals surface area contributed by atoms with E-state index in [1.165, 1.54) is 0 Å². The lowest BCUT2D eigenvalue weighted by atomic mass is 9.88. The molecule has 0 aliphatic heterocycles. The van der Waals surface area contributed by atoms with E-state index in [4.69, 9.17) is 17.3 Å². The molecule has 1 aromatic carbocycles. The fourth-order valence-electron chi connectivity index (χ4n) is 1.61. The summed E-state index contributed by atoms with van der Waals surface area (Å²) in [4.78, 5) is 12.3. The number of carbonyl (C=O) groups excluding carboxylic acids is 1. The van der Waals surface area contributed by atoms with Crippen LogP contribution in [0.3, 0.4) is 0 Å². The van der Waals surface area contributed by atoms with Crippen molar-refractivity contribution in [2.45, 2.75) is 33.2 Å². The maximum atomic E-state index is 12.3. The number of carbonyl (C=O) groups is 1. The maximum absolute atomic E-state index is 12.3. The summed E-state index contributed by atoms with van der Waals surface area (Å²) in [7, 11) is 0. The van der Waals surface area contributed by atoms with E-state index in [0.29, 0.717) is 17.1 Å². The number of hydrogen-bond acceptors (Lipinski definition) is 2. The molecule has 3 nitrogen and oxygen atoms in total. The van der Waals surface area contributed by atoms with Crippen LogP contribution in [0, 0.1) is 12.8 Å². The number of nitrogens with two attached hydrogens (primary N) is 1. The standard InChI is InChI=1S/C14H21ClN2O.ClH/c1-9(2)14(4,8-16)17-13(18)11-6-5-7-12(15)10(11)3;/h5-7,9H,8,16H2,1-4H3,(H,17,18);1H. The molecule has 1 atom stereocenters. The second-order valence-electron chi connectivity index (χ2n) is 5.14. The molecule has 3 N–H and O–H groups in total. The highest BCUT2D eigenvalue weighted by molar-refractivity contribution is 6.31. The summed E-state index contributed by atoms with van der Waals surface area (Å²) in [5.74, 6) is 0.127. The van der Waals surface area contributed by atoms with E-state index in [1.807, 2.05) is 27.7 Å². The van der Waals surface area contributed by atoms with Gasteiger partial charge < -0.3 is 11.1 Å². The van der Waals surface area contributed by atoms with Crippen LogP contribution in [0.1, 0.15) is 36.7 Å². The van der Waals surface area contributed by atoms with E-state index in [1.54, 1.807) is 18.2 Å². The number of benzene rings is 1. The largest absolute Gasteiger partial charge is 0.345 e. The molecule has 0 radical (unpaired) electrons. The Morgan fingerprint density at radius 2 is 2.05 bits per heavy atom. The normalized spacial score (nSPS) is 13.6. The smallest absolute Gasteiger partial charge is 0.252 e. The zero-order chi connectivity index (χ0) is 13.9. The first kappa shape index (κ1) is 18.2. The van der Waals surface area contributed by atoms with Crippen molar-refractivity contribution >= 4 is 29.9 Å². The average Bonchev–Trinajstić information content (AvgIpc) is 2.32. The van der Waals surface area contributed by atoms with Crippen molar-refractivity contribution in [2.24, 2.45) is 11.7 Å². The molecule has 0 aromatic heterocycles. The molecule has 1 amide bonds. The zero-order valence-corrected chi connectivity index (χ0v) is 13.4. The summed E-state index contributed by atoms with van der Waals surface area (Å²) in [6, 6.07) is 5.32. The van der Waals surface area contributed by atoms with Crippen molar-refractivity contribution in [3.05, 3.63) is 34.3 Å². The van der Waals surface area contributed by atoms with Gasteiger partial charge in [0.05, 0.1) is 5.54 Å². The van der Waals surface area contributed by atoms with Crippen molar-refractivity contribution in [1.82, 2.24) is 5.32 Å². The number of rotatable bonds is 4. The molecule has 0 saturated heterocycles. The van der Waals surface area contributed by atoms with Crippen LogP contribution in [0.5, 0.6) is 0 Å². The van der Waals surface area contributed by atoms with Crippen LogP contribution < -0.4 is 11.1 Å². The van der Waals surface area contributed by atoms with E-state index >= 15 is 0 Å². The lowest BCUT2D eigenvalue weighted by Crippen LogP contribution is -2.55. The topological polar surface area (TPSA) is 55.1 Å². The summed E-state index contributed by atoms with van der Waals surface area (Å²) in [6.07, 6.45) is 0. The van der Waals surface area contributed by atoms with Gasteiger partial charge in [-0.25, -0.2) is 0 Å².